The van der Waals surface area contributed by atoms with Crippen molar-refractivity contribution in [3.05, 3.63) is 64.7 Å². The Kier molecular flexibility index (Phi) is 6.81. The van der Waals surface area contributed by atoms with Crippen molar-refractivity contribution in [3.63, 3.8) is 0 Å². The van der Waals surface area contributed by atoms with Crippen LogP contribution >= 0.6 is 23.4 Å². The monoisotopic (exact) mass is 349 g/mol. The van der Waals surface area contributed by atoms with Crippen molar-refractivity contribution in [2.75, 3.05) is 12.9 Å². The van der Waals surface area contributed by atoms with Gasteiger partial charge in [-0.3, -0.25) is 4.79 Å². The molecule has 1 N–H and O–H groups in total. The van der Waals surface area contributed by atoms with Crippen molar-refractivity contribution in [3.8, 4) is 5.75 Å². The number of hydrogen-bond donors (Lipinski definition) is 1. The maximum absolute atomic E-state index is 12.1. The number of para-hydroxylation sites is 1. The van der Waals surface area contributed by atoms with E-state index in [-0.39, 0.29) is 11.9 Å². The minimum absolute atomic E-state index is 0.000426. The van der Waals surface area contributed by atoms with Crippen LogP contribution in [0.3, 0.4) is 0 Å². The maximum Gasteiger partial charge on any atom is 0.230 e. The molecular formula is C18H20ClNO2S. The van der Waals surface area contributed by atoms with Crippen molar-refractivity contribution in [2.24, 2.45) is 0 Å². The lowest BCUT2D eigenvalue weighted by Crippen LogP contribution is -2.28. The molecule has 1 atom stereocenters. The van der Waals surface area contributed by atoms with Crippen LogP contribution in [0.25, 0.3) is 0 Å². The highest BCUT2D eigenvalue weighted by Gasteiger charge is 2.13. The van der Waals surface area contributed by atoms with Gasteiger partial charge in [0.15, 0.2) is 0 Å². The molecule has 0 heterocycles. The second-order valence-electron chi connectivity index (χ2n) is 5.12. The minimum Gasteiger partial charge on any atom is -0.496 e. The zero-order chi connectivity index (χ0) is 16.7. The van der Waals surface area contributed by atoms with E-state index >= 15 is 0 Å². The van der Waals surface area contributed by atoms with Gasteiger partial charge in [0, 0.05) is 16.3 Å². The zero-order valence-electron chi connectivity index (χ0n) is 13.2. The van der Waals surface area contributed by atoms with Crippen LogP contribution in [0.5, 0.6) is 5.75 Å². The SMILES string of the molecule is COc1ccccc1[C@@H](C)NC(=O)CSCc1ccccc1Cl. The smallest absolute Gasteiger partial charge is 0.230 e. The number of halogens is 1. The number of hydrogen-bond acceptors (Lipinski definition) is 3. The quantitative estimate of drug-likeness (QED) is 0.802. The van der Waals surface area contributed by atoms with Crippen molar-refractivity contribution in [2.45, 2.75) is 18.7 Å². The van der Waals surface area contributed by atoms with Crippen LogP contribution in [0, 0.1) is 0 Å². The second kappa shape index (κ2) is 8.85. The predicted molar refractivity (Wildman–Crippen MR) is 97.2 cm³/mol. The molecule has 23 heavy (non-hydrogen) atoms. The van der Waals surface area contributed by atoms with Gasteiger partial charge in [-0.25, -0.2) is 0 Å². The van der Waals surface area contributed by atoms with E-state index < -0.39 is 0 Å². The third-order valence-corrected chi connectivity index (χ3v) is 4.78. The highest BCUT2D eigenvalue weighted by atomic mass is 35.5. The van der Waals surface area contributed by atoms with Crippen LogP contribution in [0.4, 0.5) is 0 Å². The molecule has 0 fully saturated rings. The van der Waals surface area contributed by atoms with Gasteiger partial charge in [0.2, 0.25) is 5.91 Å². The number of rotatable bonds is 7. The molecule has 2 rings (SSSR count). The molecule has 0 aliphatic heterocycles. The summed E-state index contributed by atoms with van der Waals surface area (Å²) in [6.07, 6.45) is 0. The molecule has 2 aromatic carbocycles. The van der Waals surface area contributed by atoms with Crippen molar-refractivity contribution >= 4 is 29.3 Å². The van der Waals surface area contributed by atoms with Gasteiger partial charge in [-0.1, -0.05) is 48.0 Å². The number of nitrogens with one attached hydrogen (secondary N) is 1. The summed E-state index contributed by atoms with van der Waals surface area (Å²) in [7, 11) is 1.63. The lowest BCUT2D eigenvalue weighted by molar-refractivity contribution is -0.119. The van der Waals surface area contributed by atoms with Gasteiger partial charge in [0.1, 0.15) is 5.75 Å². The highest BCUT2D eigenvalue weighted by molar-refractivity contribution is 7.99. The Hall–Kier alpha value is -1.65. The van der Waals surface area contributed by atoms with Crippen molar-refractivity contribution in [1.82, 2.24) is 5.32 Å². The van der Waals surface area contributed by atoms with Crippen molar-refractivity contribution in [1.29, 1.82) is 0 Å². The van der Waals surface area contributed by atoms with Gasteiger partial charge in [0.25, 0.3) is 0 Å². The molecule has 1 amide bonds. The predicted octanol–water partition coefficient (Wildman–Crippen LogP) is 4.46. The Balaban J connectivity index is 1.84. The molecule has 0 unspecified atom stereocenters. The largest absolute Gasteiger partial charge is 0.496 e. The first-order chi connectivity index (χ1) is 11.1. The maximum atomic E-state index is 12.1. The van der Waals surface area contributed by atoms with Gasteiger partial charge in [0.05, 0.1) is 18.9 Å². The standard InChI is InChI=1S/C18H20ClNO2S/c1-13(15-8-4-6-10-17(15)22-2)20-18(21)12-23-11-14-7-3-5-9-16(14)19/h3-10,13H,11-12H2,1-2H3,(H,20,21)/t13-/m1/s1. The minimum atomic E-state index is -0.0976. The van der Waals surface area contributed by atoms with Gasteiger partial charge < -0.3 is 10.1 Å². The molecule has 0 aliphatic rings. The Bertz CT molecular complexity index is 663. The summed E-state index contributed by atoms with van der Waals surface area (Å²) in [6.45, 7) is 1.95. The third kappa shape index (κ3) is 5.19. The molecule has 0 saturated heterocycles. The summed E-state index contributed by atoms with van der Waals surface area (Å²) in [4.78, 5) is 12.1. The van der Waals surface area contributed by atoms with Crippen LogP contribution in [0.1, 0.15) is 24.1 Å². The second-order valence-corrected chi connectivity index (χ2v) is 6.51. The number of carbonyl (C=O) groups is 1. The Morgan fingerprint density at radius 3 is 2.65 bits per heavy atom. The first kappa shape index (κ1) is 17.7. The fourth-order valence-electron chi connectivity index (χ4n) is 2.25. The fourth-order valence-corrected chi connectivity index (χ4v) is 3.38. The van der Waals surface area contributed by atoms with Gasteiger partial charge in [-0.05, 0) is 24.6 Å². The van der Waals surface area contributed by atoms with E-state index in [9.17, 15) is 4.79 Å². The average molecular weight is 350 g/mol. The lowest BCUT2D eigenvalue weighted by Gasteiger charge is -2.17. The van der Waals surface area contributed by atoms with E-state index in [1.807, 2.05) is 55.5 Å². The number of thioether (sulfide) groups is 1. The van der Waals surface area contributed by atoms with E-state index in [0.717, 1.165) is 27.7 Å². The van der Waals surface area contributed by atoms with E-state index in [0.29, 0.717) is 5.75 Å². The lowest BCUT2D eigenvalue weighted by atomic mass is 10.1. The molecule has 0 bridgehead atoms. The van der Waals surface area contributed by atoms with Gasteiger partial charge >= 0.3 is 0 Å². The molecule has 122 valence electrons. The molecule has 0 spiro atoms. The number of ether oxygens (including phenoxy) is 1. The molecule has 2 aromatic rings. The van der Waals surface area contributed by atoms with E-state index in [4.69, 9.17) is 16.3 Å². The van der Waals surface area contributed by atoms with Crippen molar-refractivity contribution < 1.29 is 9.53 Å². The molecule has 0 aliphatic carbocycles. The molecule has 3 nitrogen and oxygen atoms in total. The number of carbonyl (C=O) groups excluding carboxylic acids is 1. The summed E-state index contributed by atoms with van der Waals surface area (Å²) in [6, 6.07) is 15.3. The number of benzene rings is 2. The molecule has 0 aromatic heterocycles. The van der Waals surface area contributed by atoms with Crippen LogP contribution in [-0.4, -0.2) is 18.8 Å². The molecule has 0 radical (unpaired) electrons. The highest BCUT2D eigenvalue weighted by Crippen LogP contribution is 2.25. The van der Waals surface area contributed by atoms with E-state index in [2.05, 4.69) is 5.32 Å². The number of amides is 1. The average Bonchev–Trinajstić information content (AvgIpc) is 2.56. The summed E-state index contributed by atoms with van der Waals surface area (Å²) < 4.78 is 5.33. The first-order valence-corrected chi connectivity index (χ1v) is 8.88. The van der Waals surface area contributed by atoms with Crippen LogP contribution in [-0.2, 0) is 10.5 Å². The van der Waals surface area contributed by atoms with Crippen LogP contribution in [0.15, 0.2) is 48.5 Å². The van der Waals surface area contributed by atoms with E-state index in [1.54, 1.807) is 18.9 Å². The number of methoxy groups -OCH3 is 1. The first-order valence-electron chi connectivity index (χ1n) is 7.35. The fraction of sp³-hybridized carbons (Fsp3) is 0.278. The molecule has 5 heteroatoms. The summed E-state index contributed by atoms with van der Waals surface area (Å²) in [5, 5.41) is 3.74. The molecule has 0 saturated carbocycles. The summed E-state index contributed by atoms with van der Waals surface area (Å²) in [5.74, 6) is 1.89. The third-order valence-electron chi connectivity index (χ3n) is 3.43. The Morgan fingerprint density at radius 2 is 1.91 bits per heavy atom. The zero-order valence-corrected chi connectivity index (χ0v) is 14.8. The van der Waals surface area contributed by atoms with Gasteiger partial charge in [-0.15, -0.1) is 11.8 Å². The Morgan fingerprint density at radius 1 is 1.22 bits per heavy atom. The van der Waals surface area contributed by atoms with Crippen LogP contribution < -0.4 is 10.1 Å². The normalized spacial score (nSPS) is 11.8. The molecular weight excluding hydrogens is 330 g/mol. The Labute approximate surface area is 146 Å². The summed E-state index contributed by atoms with van der Waals surface area (Å²) in [5.41, 5.74) is 2.02. The van der Waals surface area contributed by atoms with Gasteiger partial charge in [-0.2, -0.15) is 0 Å². The van der Waals surface area contributed by atoms with Crippen LogP contribution in [0.2, 0.25) is 5.02 Å². The van der Waals surface area contributed by atoms with E-state index in [1.165, 1.54) is 0 Å². The summed E-state index contributed by atoms with van der Waals surface area (Å²) >= 11 is 7.66. The topological polar surface area (TPSA) is 38.3 Å².